The summed E-state index contributed by atoms with van der Waals surface area (Å²) in [6.45, 7) is 5.20. The molecule has 2 heterocycles. The number of furan rings is 1. The number of halogens is 1. The molecule has 1 aromatic heterocycles. The number of carbonyl (C=O) groups excluding carboxylic acids is 2. The molecule has 0 saturated carbocycles. The van der Waals surface area contributed by atoms with Crippen molar-refractivity contribution in [3.05, 3.63) is 53.5 Å². The number of nitrogens with one attached hydrogen (secondary N) is 1. The van der Waals surface area contributed by atoms with Gasteiger partial charge in [-0.3, -0.25) is 9.59 Å². The lowest BCUT2D eigenvalue weighted by molar-refractivity contribution is 0.0743. The Kier molecular flexibility index (Phi) is 6.45. The van der Waals surface area contributed by atoms with Crippen molar-refractivity contribution in [1.29, 1.82) is 0 Å². The summed E-state index contributed by atoms with van der Waals surface area (Å²) in [6, 6.07) is 8.78. The molecule has 140 valence electrons. The van der Waals surface area contributed by atoms with E-state index in [4.69, 9.17) is 10.2 Å². The van der Waals surface area contributed by atoms with Gasteiger partial charge < -0.3 is 20.4 Å². The lowest BCUT2D eigenvalue weighted by Gasteiger charge is -2.22. The topological polar surface area (TPSA) is 88.6 Å². The maximum Gasteiger partial charge on any atom is 0.291 e. The highest BCUT2D eigenvalue weighted by molar-refractivity contribution is 6.04. The molecule has 0 spiro atoms. The third kappa shape index (κ3) is 4.08. The zero-order valence-corrected chi connectivity index (χ0v) is 15.7. The van der Waals surface area contributed by atoms with Crippen molar-refractivity contribution in [2.45, 2.75) is 26.3 Å². The van der Waals surface area contributed by atoms with Crippen molar-refractivity contribution in [3.8, 4) is 0 Å². The molecule has 1 saturated heterocycles. The van der Waals surface area contributed by atoms with Gasteiger partial charge in [0, 0.05) is 23.8 Å². The van der Waals surface area contributed by atoms with Gasteiger partial charge in [-0.25, -0.2) is 0 Å². The number of amides is 2. The number of rotatable bonds is 4. The maximum absolute atomic E-state index is 12.9. The van der Waals surface area contributed by atoms with E-state index in [0.717, 1.165) is 12.0 Å². The van der Waals surface area contributed by atoms with Crippen LogP contribution in [0.2, 0.25) is 0 Å². The number of carbonyl (C=O) groups is 2. The van der Waals surface area contributed by atoms with Crippen LogP contribution in [0.15, 0.2) is 41.0 Å². The van der Waals surface area contributed by atoms with Crippen LogP contribution in [-0.4, -0.2) is 35.8 Å². The van der Waals surface area contributed by atoms with E-state index < -0.39 is 0 Å². The molecular weight excluding hydrogens is 354 g/mol. The number of aryl methyl sites for hydroxylation is 1. The number of nitrogens with two attached hydrogens (primary N) is 1. The van der Waals surface area contributed by atoms with Gasteiger partial charge in [0.25, 0.3) is 11.8 Å². The summed E-state index contributed by atoms with van der Waals surface area (Å²) in [5, 5.41) is 2.81. The van der Waals surface area contributed by atoms with Crippen LogP contribution in [0, 0.1) is 12.8 Å². The van der Waals surface area contributed by atoms with E-state index in [1.807, 2.05) is 24.8 Å². The second kappa shape index (κ2) is 8.38. The molecule has 2 aromatic rings. The Hall–Kier alpha value is -2.31. The quantitative estimate of drug-likeness (QED) is 0.856. The van der Waals surface area contributed by atoms with Gasteiger partial charge in [0.1, 0.15) is 0 Å². The molecule has 1 aromatic carbocycles. The van der Waals surface area contributed by atoms with Gasteiger partial charge in [-0.05, 0) is 62.6 Å². The molecule has 1 aliphatic heterocycles. The smallest absolute Gasteiger partial charge is 0.291 e. The van der Waals surface area contributed by atoms with Gasteiger partial charge in [-0.2, -0.15) is 0 Å². The molecule has 6 nitrogen and oxygen atoms in total. The van der Waals surface area contributed by atoms with E-state index in [0.29, 0.717) is 30.3 Å². The predicted octanol–water partition coefficient (Wildman–Crippen LogP) is 3.07. The van der Waals surface area contributed by atoms with Gasteiger partial charge in [0.15, 0.2) is 5.76 Å². The second-order valence-electron chi connectivity index (χ2n) is 6.61. The summed E-state index contributed by atoms with van der Waals surface area (Å²) < 4.78 is 5.11. The number of nitrogens with zero attached hydrogens (tertiary/aromatic N) is 1. The van der Waals surface area contributed by atoms with Crippen molar-refractivity contribution >= 4 is 29.9 Å². The number of likely N-dealkylation sites (tertiary alicyclic amines) is 1. The monoisotopic (exact) mass is 377 g/mol. The van der Waals surface area contributed by atoms with E-state index >= 15 is 0 Å². The second-order valence-corrected chi connectivity index (χ2v) is 6.61. The molecule has 2 unspecified atom stereocenters. The van der Waals surface area contributed by atoms with E-state index in [-0.39, 0.29) is 36.0 Å². The van der Waals surface area contributed by atoms with Crippen molar-refractivity contribution in [1.82, 2.24) is 4.90 Å². The summed E-state index contributed by atoms with van der Waals surface area (Å²) in [5.41, 5.74) is 7.79. The van der Waals surface area contributed by atoms with Crippen LogP contribution in [0.3, 0.4) is 0 Å². The van der Waals surface area contributed by atoms with Gasteiger partial charge in [0.05, 0.1) is 6.26 Å². The standard InChI is InChI=1S/C19H23N3O3.ClH/c1-12-5-6-15(19(24)22-11-14(10-20)8-13(22)2)9-16(12)21-18(23)17-4-3-7-25-17;/h3-7,9,13-14H,8,10-11,20H2,1-2H3,(H,21,23);1H. The Labute approximate surface area is 159 Å². The summed E-state index contributed by atoms with van der Waals surface area (Å²) in [6.07, 6.45) is 2.38. The van der Waals surface area contributed by atoms with Crippen LogP contribution in [0.4, 0.5) is 5.69 Å². The molecular formula is C19H24ClN3O3. The summed E-state index contributed by atoms with van der Waals surface area (Å²) in [4.78, 5) is 26.9. The average molecular weight is 378 g/mol. The zero-order chi connectivity index (χ0) is 18.0. The molecule has 0 radical (unpaired) electrons. The van der Waals surface area contributed by atoms with Gasteiger partial charge >= 0.3 is 0 Å². The first-order valence-electron chi connectivity index (χ1n) is 8.46. The molecule has 1 aliphatic rings. The zero-order valence-electron chi connectivity index (χ0n) is 14.9. The first kappa shape index (κ1) is 20.0. The molecule has 2 amide bonds. The molecule has 3 rings (SSSR count). The van der Waals surface area contributed by atoms with E-state index in [1.165, 1.54) is 6.26 Å². The van der Waals surface area contributed by atoms with Gasteiger partial charge in [-0.15, -0.1) is 12.4 Å². The molecule has 7 heteroatoms. The average Bonchev–Trinajstić information content (AvgIpc) is 3.25. The molecule has 3 N–H and O–H groups in total. The summed E-state index contributed by atoms with van der Waals surface area (Å²) in [7, 11) is 0. The maximum atomic E-state index is 12.9. The Bertz CT molecular complexity index is 776. The Balaban J connectivity index is 0.00000243. The lowest BCUT2D eigenvalue weighted by Crippen LogP contribution is -2.34. The SMILES string of the molecule is Cc1ccc(C(=O)N2CC(CN)CC2C)cc1NC(=O)c1ccco1.Cl. The van der Waals surface area contributed by atoms with Gasteiger partial charge in [-0.1, -0.05) is 6.07 Å². The number of hydrogen-bond donors (Lipinski definition) is 2. The van der Waals surface area contributed by atoms with E-state index in [9.17, 15) is 9.59 Å². The fourth-order valence-corrected chi connectivity index (χ4v) is 3.24. The number of benzene rings is 1. The van der Waals surface area contributed by atoms with Crippen LogP contribution in [0.1, 0.15) is 39.8 Å². The van der Waals surface area contributed by atoms with Crippen LogP contribution in [0.5, 0.6) is 0 Å². The van der Waals surface area contributed by atoms with Crippen LogP contribution >= 0.6 is 12.4 Å². The van der Waals surface area contributed by atoms with Crippen molar-refractivity contribution < 1.29 is 14.0 Å². The molecule has 2 atom stereocenters. The van der Waals surface area contributed by atoms with Crippen molar-refractivity contribution in [3.63, 3.8) is 0 Å². The Morgan fingerprint density at radius 1 is 1.35 bits per heavy atom. The molecule has 0 bridgehead atoms. The van der Waals surface area contributed by atoms with Crippen molar-refractivity contribution in [2.75, 3.05) is 18.4 Å². The number of anilines is 1. The molecule has 1 fully saturated rings. The largest absolute Gasteiger partial charge is 0.459 e. The third-order valence-electron chi connectivity index (χ3n) is 4.73. The lowest BCUT2D eigenvalue weighted by atomic mass is 10.1. The minimum atomic E-state index is -0.338. The molecule has 0 aliphatic carbocycles. The highest BCUT2D eigenvalue weighted by atomic mass is 35.5. The third-order valence-corrected chi connectivity index (χ3v) is 4.73. The minimum absolute atomic E-state index is 0. The summed E-state index contributed by atoms with van der Waals surface area (Å²) in [5.74, 6) is 0.213. The van der Waals surface area contributed by atoms with Gasteiger partial charge in [0.2, 0.25) is 0 Å². The first-order valence-corrected chi connectivity index (χ1v) is 8.46. The van der Waals surface area contributed by atoms with E-state index in [2.05, 4.69) is 5.32 Å². The normalized spacial score (nSPS) is 19.1. The van der Waals surface area contributed by atoms with Crippen LogP contribution in [-0.2, 0) is 0 Å². The number of hydrogen-bond acceptors (Lipinski definition) is 4. The van der Waals surface area contributed by atoms with Crippen LogP contribution < -0.4 is 11.1 Å². The Morgan fingerprint density at radius 3 is 2.73 bits per heavy atom. The first-order chi connectivity index (χ1) is 12.0. The molecule has 26 heavy (non-hydrogen) atoms. The predicted molar refractivity (Wildman–Crippen MR) is 103 cm³/mol. The fourth-order valence-electron chi connectivity index (χ4n) is 3.24. The summed E-state index contributed by atoms with van der Waals surface area (Å²) >= 11 is 0. The highest BCUT2D eigenvalue weighted by Gasteiger charge is 2.32. The Morgan fingerprint density at radius 2 is 2.12 bits per heavy atom. The van der Waals surface area contributed by atoms with E-state index in [1.54, 1.807) is 24.3 Å². The highest BCUT2D eigenvalue weighted by Crippen LogP contribution is 2.26. The minimum Gasteiger partial charge on any atom is -0.459 e. The van der Waals surface area contributed by atoms with Crippen LogP contribution in [0.25, 0.3) is 0 Å². The van der Waals surface area contributed by atoms with Crippen molar-refractivity contribution in [2.24, 2.45) is 11.7 Å². The fraction of sp³-hybridized carbons (Fsp3) is 0.368.